The molecule has 4 rings (SSSR count). The molecule has 1 fully saturated rings. The Hall–Kier alpha value is -2.51. The van der Waals surface area contributed by atoms with Crippen LogP contribution in [0.4, 0.5) is 4.39 Å². The molecule has 7 heteroatoms. The Bertz CT molecular complexity index is 1010. The molecule has 27 heavy (non-hydrogen) atoms. The van der Waals surface area contributed by atoms with Crippen molar-refractivity contribution >= 4 is 11.0 Å². The molecule has 2 atom stereocenters. The number of benzene rings is 1. The number of nitrogens with one attached hydrogen (secondary N) is 1. The summed E-state index contributed by atoms with van der Waals surface area (Å²) in [5.74, 6) is -0.309. The van der Waals surface area contributed by atoms with E-state index in [1.165, 1.54) is 12.1 Å². The lowest BCUT2D eigenvalue weighted by atomic mass is 10.1. The van der Waals surface area contributed by atoms with Crippen LogP contribution in [0.1, 0.15) is 25.1 Å². The maximum atomic E-state index is 13.2. The van der Waals surface area contributed by atoms with Crippen molar-refractivity contribution in [2.45, 2.75) is 39.5 Å². The zero-order valence-corrected chi connectivity index (χ0v) is 15.7. The SMILES string of the molecule is Cc1nn(-c2ccc(F)cc2)c2[nH]c(=O)c(CN3CC(C)OC(C)C3)cc12. The topological polar surface area (TPSA) is 63.2 Å². The van der Waals surface area contributed by atoms with Gasteiger partial charge in [-0.3, -0.25) is 9.69 Å². The van der Waals surface area contributed by atoms with Crippen LogP contribution in [0, 0.1) is 12.7 Å². The summed E-state index contributed by atoms with van der Waals surface area (Å²) in [4.78, 5) is 17.9. The fraction of sp³-hybridized carbons (Fsp3) is 0.400. The molecule has 1 aromatic carbocycles. The number of hydrogen-bond acceptors (Lipinski definition) is 4. The highest BCUT2D eigenvalue weighted by Gasteiger charge is 2.23. The van der Waals surface area contributed by atoms with Gasteiger partial charge >= 0.3 is 0 Å². The van der Waals surface area contributed by atoms with Crippen molar-refractivity contribution in [2.24, 2.45) is 0 Å². The molecule has 0 radical (unpaired) electrons. The third-order valence-corrected chi connectivity index (χ3v) is 4.91. The minimum atomic E-state index is -0.309. The van der Waals surface area contributed by atoms with Crippen LogP contribution >= 0.6 is 0 Å². The number of morpholine rings is 1. The van der Waals surface area contributed by atoms with Crippen molar-refractivity contribution in [1.82, 2.24) is 19.7 Å². The molecule has 2 aromatic heterocycles. The first-order valence-electron chi connectivity index (χ1n) is 9.16. The molecule has 0 aliphatic carbocycles. The zero-order chi connectivity index (χ0) is 19.1. The van der Waals surface area contributed by atoms with Gasteiger partial charge in [-0.25, -0.2) is 9.07 Å². The van der Waals surface area contributed by atoms with Gasteiger partial charge in [-0.1, -0.05) is 0 Å². The number of ether oxygens (including phenoxy) is 1. The van der Waals surface area contributed by atoms with E-state index in [4.69, 9.17) is 4.74 Å². The third-order valence-electron chi connectivity index (χ3n) is 4.91. The summed E-state index contributed by atoms with van der Waals surface area (Å²) >= 11 is 0. The van der Waals surface area contributed by atoms with Crippen molar-refractivity contribution in [3.05, 3.63) is 57.8 Å². The van der Waals surface area contributed by atoms with E-state index >= 15 is 0 Å². The van der Waals surface area contributed by atoms with Crippen LogP contribution in [0.5, 0.6) is 0 Å². The molecule has 1 aliphatic heterocycles. The monoisotopic (exact) mass is 370 g/mol. The number of rotatable bonds is 3. The Kier molecular flexibility index (Phi) is 4.57. The summed E-state index contributed by atoms with van der Waals surface area (Å²) in [5, 5.41) is 5.43. The predicted molar refractivity (Wildman–Crippen MR) is 102 cm³/mol. The van der Waals surface area contributed by atoms with E-state index < -0.39 is 0 Å². The highest BCUT2D eigenvalue weighted by molar-refractivity contribution is 5.80. The smallest absolute Gasteiger partial charge is 0.254 e. The number of fused-ring (bicyclic) bond motifs is 1. The second-order valence-corrected chi connectivity index (χ2v) is 7.31. The predicted octanol–water partition coefficient (Wildman–Crippen LogP) is 2.77. The number of pyridine rings is 1. The van der Waals surface area contributed by atoms with Gasteiger partial charge in [0.25, 0.3) is 5.56 Å². The number of aromatic amines is 1. The summed E-state index contributed by atoms with van der Waals surface area (Å²) < 4.78 is 20.6. The minimum absolute atomic E-state index is 0.127. The van der Waals surface area contributed by atoms with Crippen LogP contribution in [0.15, 0.2) is 35.1 Å². The van der Waals surface area contributed by atoms with Crippen LogP contribution in [-0.2, 0) is 11.3 Å². The van der Waals surface area contributed by atoms with Crippen molar-refractivity contribution < 1.29 is 9.13 Å². The molecule has 1 saturated heterocycles. The van der Waals surface area contributed by atoms with Crippen molar-refractivity contribution in [2.75, 3.05) is 13.1 Å². The van der Waals surface area contributed by atoms with Gasteiger partial charge in [0, 0.05) is 30.6 Å². The second-order valence-electron chi connectivity index (χ2n) is 7.31. The third kappa shape index (κ3) is 3.52. The maximum Gasteiger partial charge on any atom is 0.254 e. The van der Waals surface area contributed by atoms with Gasteiger partial charge in [0.1, 0.15) is 11.5 Å². The molecule has 0 saturated carbocycles. The minimum Gasteiger partial charge on any atom is -0.373 e. The molecule has 2 unspecified atom stereocenters. The summed E-state index contributed by atoms with van der Waals surface area (Å²) in [6.45, 7) is 8.18. The van der Waals surface area contributed by atoms with Crippen molar-refractivity contribution in [3.63, 3.8) is 0 Å². The quantitative estimate of drug-likeness (QED) is 0.770. The normalized spacial score (nSPS) is 21.0. The molecular weight excluding hydrogens is 347 g/mol. The van der Waals surface area contributed by atoms with E-state index in [0.717, 1.165) is 24.2 Å². The Morgan fingerprint density at radius 3 is 2.56 bits per heavy atom. The number of hydrogen-bond donors (Lipinski definition) is 1. The van der Waals surface area contributed by atoms with E-state index in [2.05, 4.69) is 15.0 Å². The number of aryl methyl sites for hydroxylation is 1. The second kappa shape index (κ2) is 6.90. The number of nitrogens with zero attached hydrogens (tertiary/aromatic N) is 3. The van der Waals surface area contributed by atoms with E-state index in [1.807, 2.05) is 26.8 Å². The Labute approximate surface area is 156 Å². The largest absolute Gasteiger partial charge is 0.373 e. The highest BCUT2D eigenvalue weighted by atomic mass is 19.1. The van der Waals surface area contributed by atoms with E-state index in [1.54, 1.807) is 16.8 Å². The maximum absolute atomic E-state index is 13.2. The Morgan fingerprint density at radius 2 is 1.89 bits per heavy atom. The van der Waals surface area contributed by atoms with E-state index in [0.29, 0.717) is 23.4 Å². The fourth-order valence-electron chi connectivity index (χ4n) is 3.80. The van der Waals surface area contributed by atoms with Crippen LogP contribution in [0.25, 0.3) is 16.7 Å². The van der Waals surface area contributed by atoms with Gasteiger partial charge in [-0.05, 0) is 51.1 Å². The van der Waals surface area contributed by atoms with Crippen LogP contribution in [0.3, 0.4) is 0 Å². The summed E-state index contributed by atoms with van der Waals surface area (Å²) in [6.07, 6.45) is 0.305. The lowest BCUT2D eigenvalue weighted by molar-refractivity contribution is -0.0705. The van der Waals surface area contributed by atoms with E-state index in [-0.39, 0.29) is 23.6 Å². The van der Waals surface area contributed by atoms with Crippen LogP contribution < -0.4 is 5.56 Å². The standard InChI is InChI=1S/C20H23FN4O2/c1-12-9-24(10-13(2)27-12)11-15-8-18-14(3)23-25(19(18)22-20(15)26)17-6-4-16(21)5-7-17/h4-8,12-13H,9-11H2,1-3H3,(H,22,26). The first-order valence-corrected chi connectivity index (χ1v) is 9.16. The van der Waals surface area contributed by atoms with E-state index in [9.17, 15) is 9.18 Å². The molecule has 0 bridgehead atoms. The van der Waals surface area contributed by atoms with Gasteiger partial charge < -0.3 is 9.72 Å². The highest BCUT2D eigenvalue weighted by Crippen LogP contribution is 2.21. The van der Waals surface area contributed by atoms with Crippen LogP contribution in [0.2, 0.25) is 0 Å². The summed E-state index contributed by atoms with van der Waals surface area (Å²) in [6, 6.07) is 7.96. The van der Waals surface area contributed by atoms with Gasteiger partial charge in [0.05, 0.1) is 23.6 Å². The zero-order valence-electron chi connectivity index (χ0n) is 15.7. The van der Waals surface area contributed by atoms with Gasteiger partial charge in [-0.15, -0.1) is 0 Å². The number of H-pyrrole nitrogens is 1. The fourth-order valence-corrected chi connectivity index (χ4v) is 3.80. The molecule has 3 heterocycles. The van der Waals surface area contributed by atoms with Gasteiger partial charge in [-0.2, -0.15) is 5.10 Å². The average Bonchev–Trinajstić information content (AvgIpc) is 2.91. The van der Waals surface area contributed by atoms with Gasteiger partial charge in [0.2, 0.25) is 0 Å². The molecule has 0 amide bonds. The molecule has 1 aliphatic rings. The Balaban J connectivity index is 1.71. The molecule has 0 spiro atoms. The van der Waals surface area contributed by atoms with Crippen molar-refractivity contribution in [3.8, 4) is 5.69 Å². The first-order chi connectivity index (χ1) is 12.9. The molecule has 142 valence electrons. The molecule has 1 N–H and O–H groups in total. The summed E-state index contributed by atoms with van der Waals surface area (Å²) in [5.41, 5.74) is 2.73. The average molecular weight is 370 g/mol. The van der Waals surface area contributed by atoms with Crippen molar-refractivity contribution in [1.29, 1.82) is 0 Å². The number of aromatic nitrogens is 3. The Morgan fingerprint density at radius 1 is 1.22 bits per heavy atom. The molecule has 3 aromatic rings. The molecular formula is C20H23FN4O2. The van der Waals surface area contributed by atoms with Crippen LogP contribution in [-0.4, -0.2) is 45.0 Å². The lowest BCUT2D eigenvalue weighted by Crippen LogP contribution is -2.45. The number of halogens is 1. The van der Waals surface area contributed by atoms with Gasteiger partial charge in [0.15, 0.2) is 0 Å². The lowest BCUT2D eigenvalue weighted by Gasteiger charge is -2.35. The first kappa shape index (κ1) is 17.9. The molecule has 6 nitrogen and oxygen atoms in total. The summed E-state index contributed by atoms with van der Waals surface area (Å²) in [7, 11) is 0.